The zero-order valence-electron chi connectivity index (χ0n) is 15.0. The lowest BCUT2D eigenvalue weighted by Gasteiger charge is -2.20. The van der Waals surface area contributed by atoms with Crippen molar-refractivity contribution >= 4 is 17.1 Å². The topological polar surface area (TPSA) is 170 Å². The van der Waals surface area contributed by atoms with Gasteiger partial charge in [0.2, 0.25) is 0 Å². The first-order valence-electron chi connectivity index (χ1n) is 8.38. The second kappa shape index (κ2) is 7.83. The predicted molar refractivity (Wildman–Crippen MR) is 104 cm³/mol. The number of benzene rings is 3. The molecule has 0 saturated carbocycles. The quantitative estimate of drug-likeness (QED) is 0.348. The first-order chi connectivity index (χ1) is 14.2. The Labute approximate surface area is 167 Å². The van der Waals surface area contributed by atoms with E-state index >= 15 is 0 Å². The van der Waals surface area contributed by atoms with Gasteiger partial charge < -0.3 is 10.2 Å². The van der Waals surface area contributed by atoms with Crippen LogP contribution in [0.25, 0.3) is 0 Å². The van der Waals surface area contributed by atoms with Gasteiger partial charge in [-0.1, -0.05) is 12.1 Å². The minimum atomic E-state index is -1.08. The fourth-order valence-corrected chi connectivity index (χ4v) is 3.09. The van der Waals surface area contributed by atoms with Crippen LogP contribution in [0.3, 0.4) is 0 Å². The van der Waals surface area contributed by atoms with E-state index in [1.54, 1.807) is 0 Å². The van der Waals surface area contributed by atoms with Crippen LogP contribution in [-0.2, 0) is 0 Å². The van der Waals surface area contributed by atoms with Crippen LogP contribution in [0.2, 0.25) is 0 Å². The summed E-state index contributed by atoms with van der Waals surface area (Å²) in [5.74, 6) is -1.78. The van der Waals surface area contributed by atoms with Crippen LogP contribution < -0.4 is 0 Å². The van der Waals surface area contributed by atoms with Gasteiger partial charge in [0.25, 0.3) is 17.1 Å². The highest BCUT2D eigenvalue weighted by atomic mass is 16.6. The lowest BCUT2D eigenvalue weighted by atomic mass is 9.83. The number of hydrogen-bond donors (Lipinski definition) is 2. The third-order valence-electron chi connectivity index (χ3n) is 4.50. The number of hydrogen-bond acceptors (Lipinski definition) is 8. The molecule has 11 heteroatoms. The van der Waals surface area contributed by atoms with E-state index in [-0.39, 0.29) is 39.7 Å². The number of rotatable bonds is 6. The maximum atomic E-state index is 11.2. The molecule has 0 unspecified atom stereocenters. The summed E-state index contributed by atoms with van der Waals surface area (Å²) in [7, 11) is 0. The van der Waals surface area contributed by atoms with Gasteiger partial charge in [-0.15, -0.1) is 0 Å². The van der Waals surface area contributed by atoms with Crippen LogP contribution in [0.15, 0.2) is 60.7 Å². The van der Waals surface area contributed by atoms with E-state index in [1.807, 2.05) is 0 Å². The standard InChI is InChI=1S/C19H13N3O8/c23-17-7-5-13(21(27)28)9-15(17)19(11-1-3-12(4-2-11)20(25)26)16-10-14(22(29)30)6-8-18(16)24/h1-10,19,23-24H. The minimum Gasteiger partial charge on any atom is -0.508 e. The summed E-state index contributed by atoms with van der Waals surface area (Å²) in [6.07, 6.45) is 0. The van der Waals surface area contributed by atoms with Crippen molar-refractivity contribution in [1.82, 2.24) is 0 Å². The van der Waals surface area contributed by atoms with Gasteiger partial charge in [0.1, 0.15) is 11.5 Å². The van der Waals surface area contributed by atoms with Crippen LogP contribution in [0.1, 0.15) is 22.6 Å². The number of nitro groups is 3. The third kappa shape index (κ3) is 3.85. The van der Waals surface area contributed by atoms with Gasteiger partial charge in [-0.2, -0.15) is 0 Å². The van der Waals surface area contributed by atoms with Gasteiger partial charge in [-0.3, -0.25) is 30.3 Å². The third-order valence-corrected chi connectivity index (χ3v) is 4.50. The molecule has 2 N–H and O–H groups in total. The Hall–Kier alpha value is -4.54. The largest absolute Gasteiger partial charge is 0.508 e. The number of aromatic hydroxyl groups is 2. The number of nitrogens with zero attached hydrogens (tertiary/aromatic N) is 3. The smallest absolute Gasteiger partial charge is 0.270 e. The molecule has 0 atom stereocenters. The summed E-state index contributed by atoms with van der Waals surface area (Å²) >= 11 is 0. The molecule has 0 bridgehead atoms. The van der Waals surface area contributed by atoms with Gasteiger partial charge in [-0.25, -0.2) is 0 Å². The summed E-state index contributed by atoms with van der Waals surface area (Å²) in [6, 6.07) is 11.6. The molecule has 0 heterocycles. The lowest BCUT2D eigenvalue weighted by molar-refractivity contribution is -0.385. The Balaban J connectivity index is 2.29. The van der Waals surface area contributed by atoms with Gasteiger partial charge >= 0.3 is 0 Å². The maximum Gasteiger partial charge on any atom is 0.270 e. The highest BCUT2D eigenvalue weighted by Crippen LogP contribution is 2.43. The average molecular weight is 411 g/mol. The second-order valence-corrected chi connectivity index (χ2v) is 6.28. The van der Waals surface area contributed by atoms with Crippen molar-refractivity contribution in [1.29, 1.82) is 0 Å². The van der Waals surface area contributed by atoms with Crippen molar-refractivity contribution in [2.24, 2.45) is 0 Å². The van der Waals surface area contributed by atoms with E-state index in [0.29, 0.717) is 5.56 Å². The van der Waals surface area contributed by atoms with Gasteiger partial charge in [0, 0.05) is 53.4 Å². The predicted octanol–water partition coefficient (Wildman–Crippen LogP) is 4.00. The van der Waals surface area contributed by atoms with Crippen LogP contribution in [0.4, 0.5) is 17.1 Å². The molecule has 0 aliphatic rings. The van der Waals surface area contributed by atoms with Gasteiger partial charge in [0.05, 0.1) is 14.8 Å². The summed E-state index contributed by atoms with van der Waals surface area (Å²) in [5, 5.41) is 54.1. The first kappa shape index (κ1) is 20.2. The number of non-ortho nitro benzene ring substituents is 3. The van der Waals surface area contributed by atoms with Gasteiger partial charge in [0.15, 0.2) is 0 Å². The van der Waals surface area contributed by atoms with E-state index < -0.39 is 20.7 Å². The summed E-state index contributed by atoms with van der Waals surface area (Å²) in [4.78, 5) is 31.4. The van der Waals surface area contributed by atoms with E-state index in [0.717, 1.165) is 36.4 Å². The number of phenols is 2. The van der Waals surface area contributed by atoms with Crippen LogP contribution in [0.5, 0.6) is 11.5 Å². The van der Waals surface area contributed by atoms with Crippen LogP contribution in [0, 0.1) is 30.3 Å². The molecule has 0 saturated heterocycles. The molecular weight excluding hydrogens is 398 g/mol. The van der Waals surface area contributed by atoms with E-state index in [1.165, 1.54) is 24.3 Å². The highest BCUT2D eigenvalue weighted by Gasteiger charge is 2.27. The monoisotopic (exact) mass is 411 g/mol. The molecule has 3 aromatic rings. The number of phenolic OH excluding ortho intramolecular Hbond substituents is 2. The zero-order valence-corrected chi connectivity index (χ0v) is 15.0. The number of nitro benzene ring substituents is 3. The molecule has 152 valence electrons. The summed E-state index contributed by atoms with van der Waals surface area (Å²) in [6.45, 7) is 0. The lowest BCUT2D eigenvalue weighted by Crippen LogP contribution is -2.06. The molecule has 0 fully saturated rings. The van der Waals surface area contributed by atoms with Crippen molar-refractivity contribution in [3.63, 3.8) is 0 Å². The van der Waals surface area contributed by atoms with Crippen molar-refractivity contribution in [2.75, 3.05) is 0 Å². The van der Waals surface area contributed by atoms with E-state index in [9.17, 15) is 40.6 Å². The van der Waals surface area contributed by atoms with Crippen molar-refractivity contribution in [3.05, 3.63) is 108 Å². The van der Waals surface area contributed by atoms with E-state index in [4.69, 9.17) is 0 Å². The Morgan fingerprint density at radius 3 is 1.33 bits per heavy atom. The Morgan fingerprint density at radius 1 is 0.600 bits per heavy atom. The Morgan fingerprint density at radius 2 is 0.967 bits per heavy atom. The van der Waals surface area contributed by atoms with Crippen LogP contribution >= 0.6 is 0 Å². The molecule has 3 aromatic carbocycles. The van der Waals surface area contributed by atoms with Crippen LogP contribution in [-0.4, -0.2) is 25.0 Å². The second-order valence-electron chi connectivity index (χ2n) is 6.28. The van der Waals surface area contributed by atoms with Gasteiger partial charge in [-0.05, 0) is 17.7 Å². The Bertz CT molecular complexity index is 1100. The van der Waals surface area contributed by atoms with E-state index in [2.05, 4.69) is 0 Å². The molecule has 0 amide bonds. The van der Waals surface area contributed by atoms with Crippen molar-refractivity contribution < 1.29 is 25.0 Å². The molecule has 0 spiro atoms. The molecule has 0 radical (unpaired) electrons. The summed E-state index contributed by atoms with van der Waals surface area (Å²) < 4.78 is 0. The molecule has 30 heavy (non-hydrogen) atoms. The molecular formula is C19H13N3O8. The zero-order chi connectivity index (χ0) is 22.0. The molecule has 0 aliphatic carbocycles. The van der Waals surface area contributed by atoms with Crippen molar-refractivity contribution in [2.45, 2.75) is 5.92 Å². The fraction of sp³-hybridized carbons (Fsp3) is 0.0526. The molecule has 3 rings (SSSR count). The normalized spacial score (nSPS) is 10.7. The SMILES string of the molecule is O=[N+]([O-])c1ccc(C(c2cc([N+](=O)[O-])ccc2O)c2cc([N+](=O)[O-])ccc2O)cc1. The Kier molecular flexibility index (Phi) is 5.27. The maximum absolute atomic E-state index is 11.2. The molecule has 0 aromatic heterocycles. The van der Waals surface area contributed by atoms with Crippen molar-refractivity contribution in [3.8, 4) is 11.5 Å². The first-order valence-corrected chi connectivity index (χ1v) is 8.38. The summed E-state index contributed by atoms with van der Waals surface area (Å²) in [5.41, 5.74) is -0.613. The average Bonchev–Trinajstić information content (AvgIpc) is 2.70. The molecule has 0 aliphatic heterocycles. The minimum absolute atomic E-state index is 0.00569. The highest BCUT2D eigenvalue weighted by molar-refractivity contribution is 5.58. The molecule has 11 nitrogen and oxygen atoms in total. The fourth-order valence-electron chi connectivity index (χ4n) is 3.09.